The summed E-state index contributed by atoms with van der Waals surface area (Å²) in [6.45, 7) is 4.91. The Hall–Kier alpha value is -1.01. The van der Waals surface area contributed by atoms with Crippen molar-refractivity contribution in [1.82, 2.24) is 5.43 Å². The fraction of sp³-hybridized carbons (Fsp3) is 0.929. The van der Waals surface area contributed by atoms with E-state index in [9.17, 15) is 4.79 Å². The highest BCUT2D eigenvalue weighted by Crippen LogP contribution is 1.97. The van der Waals surface area contributed by atoms with E-state index in [4.69, 9.17) is 39.0 Å². The van der Waals surface area contributed by atoms with Crippen LogP contribution in [0.5, 0.6) is 0 Å². The van der Waals surface area contributed by atoms with Crippen LogP contribution < -0.4 is 11.3 Å². The van der Waals surface area contributed by atoms with Crippen LogP contribution in [0.4, 0.5) is 4.79 Å². The number of carbonyl (C=O) groups is 1. The third-order valence-electron chi connectivity index (χ3n) is 2.89. The second-order valence-corrected chi connectivity index (χ2v) is 4.76. The normalized spacial score (nSPS) is 23.6. The molecule has 0 aliphatic carbocycles. The molecule has 24 heavy (non-hydrogen) atoms. The summed E-state index contributed by atoms with van der Waals surface area (Å²) in [4.78, 5) is 11.0. The fourth-order valence-corrected chi connectivity index (χ4v) is 1.72. The van der Waals surface area contributed by atoms with Crippen LogP contribution in [0.3, 0.4) is 0 Å². The minimum atomic E-state index is -0.727. The van der Waals surface area contributed by atoms with Gasteiger partial charge in [0.05, 0.1) is 72.7 Å². The third-order valence-corrected chi connectivity index (χ3v) is 2.89. The van der Waals surface area contributed by atoms with Gasteiger partial charge in [-0.2, -0.15) is 0 Å². The van der Waals surface area contributed by atoms with E-state index >= 15 is 0 Å². The van der Waals surface area contributed by atoms with E-state index in [1.54, 1.807) is 0 Å². The van der Waals surface area contributed by atoms with Crippen molar-refractivity contribution in [3.05, 3.63) is 0 Å². The van der Waals surface area contributed by atoms with Crippen molar-refractivity contribution in [2.24, 2.45) is 5.84 Å². The van der Waals surface area contributed by atoms with Crippen molar-refractivity contribution >= 4 is 6.09 Å². The van der Waals surface area contributed by atoms with Crippen LogP contribution in [0.2, 0.25) is 0 Å². The topological polar surface area (TPSA) is 120 Å². The first-order valence-corrected chi connectivity index (χ1v) is 7.96. The molecule has 10 heteroatoms. The van der Waals surface area contributed by atoms with Gasteiger partial charge in [-0.3, -0.25) is 5.43 Å². The first kappa shape index (κ1) is 21.0. The molecule has 0 aromatic carbocycles. The van der Waals surface area contributed by atoms with Crippen molar-refractivity contribution in [2.45, 2.75) is 6.10 Å². The van der Waals surface area contributed by atoms with Gasteiger partial charge in [0.2, 0.25) is 0 Å². The van der Waals surface area contributed by atoms with Crippen molar-refractivity contribution in [2.75, 3.05) is 79.3 Å². The molecule has 1 amide bonds. The molecule has 0 aromatic heterocycles. The molecule has 0 radical (unpaired) electrons. The number of hydrazine groups is 1. The molecule has 0 bridgehead atoms. The van der Waals surface area contributed by atoms with Gasteiger partial charge >= 0.3 is 6.09 Å². The standard InChI is InChI=1S/C14H28N2O8/c15-16-14(17)24-12-13-11-22-8-7-20-4-3-18-1-2-19-5-6-21-9-10-23-13/h13H,1-12,15H2,(H,16,17). The highest BCUT2D eigenvalue weighted by atomic mass is 16.6. The molecule has 1 saturated heterocycles. The molecular formula is C14H28N2O8. The minimum Gasteiger partial charge on any atom is -0.446 e. The maximum Gasteiger partial charge on any atom is 0.421 e. The van der Waals surface area contributed by atoms with Gasteiger partial charge in [-0.25, -0.2) is 10.6 Å². The van der Waals surface area contributed by atoms with Crippen LogP contribution >= 0.6 is 0 Å². The Balaban J connectivity index is 2.27. The van der Waals surface area contributed by atoms with E-state index in [-0.39, 0.29) is 13.2 Å². The zero-order valence-corrected chi connectivity index (χ0v) is 13.9. The van der Waals surface area contributed by atoms with Crippen molar-refractivity contribution in [3.63, 3.8) is 0 Å². The van der Waals surface area contributed by atoms with E-state index in [0.29, 0.717) is 66.1 Å². The largest absolute Gasteiger partial charge is 0.446 e. The molecule has 1 atom stereocenters. The van der Waals surface area contributed by atoms with E-state index in [1.807, 2.05) is 5.43 Å². The van der Waals surface area contributed by atoms with Gasteiger partial charge in [0, 0.05) is 0 Å². The Morgan fingerprint density at radius 2 is 1.29 bits per heavy atom. The van der Waals surface area contributed by atoms with Gasteiger partial charge in [0.15, 0.2) is 0 Å². The van der Waals surface area contributed by atoms with E-state index < -0.39 is 12.2 Å². The van der Waals surface area contributed by atoms with Gasteiger partial charge in [0.1, 0.15) is 12.7 Å². The van der Waals surface area contributed by atoms with E-state index in [1.165, 1.54) is 0 Å². The highest BCUT2D eigenvalue weighted by molar-refractivity contribution is 5.66. The molecule has 142 valence electrons. The first-order valence-electron chi connectivity index (χ1n) is 7.96. The summed E-state index contributed by atoms with van der Waals surface area (Å²) in [6.07, 6.45) is -1.14. The molecule has 1 fully saturated rings. The third kappa shape index (κ3) is 12.4. The molecule has 10 nitrogen and oxygen atoms in total. The van der Waals surface area contributed by atoms with E-state index in [2.05, 4.69) is 0 Å². The molecular weight excluding hydrogens is 324 g/mol. The molecule has 1 aliphatic rings. The number of amides is 1. The average molecular weight is 352 g/mol. The number of nitrogens with one attached hydrogen (secondary N) is 1. The predicted molar refractivity (Wildman–Crippen MR) is 82.5 cm³/mol. The second kappa shape index (κ2) is 15.5. The second-order valence-electron chi connectivity index (χ2n) is 4.76. The van der Waals surface area contributed by atoms with Gasteiger partial charge in [-0.05, 0) is 0 Å². The maximum absolute atomic E-state index is 11.0. The average Bonchev–Trinajstić information content (AvgIpc) is 2.60. The smallest absolute Gasteiger partial charge is 0.421 e. The summed E-state index contributed by atoms with van der Waals surface area (Å²) in [7, 11) is 0. The van der Waals surface area contributed by atoms with Crippen LogP contribution in [-0.4, -0.2) is 91.5 Å². The number of hydrogen-bond acceptors (Lipinski definition) is 9. The number of carbonyl (C=O) groups excluding carboxylic acids is 1. The lowest BCUT2D eigenvalue weighted by Crippen LogP contribution is -2.35. The Labute approximate surface area is 141 Å². The molecule has 0 aromatic rings. The maximum atomic E-state index is 11.0. The lowest BCUT2D eigenvalue weighted by Gasteiger charge is -2.18. The molecule has 1 heterocycles. The van der Waals surface area contributed by atoms with Crippen molar-refractivity contribution < 1.29 is 38.0 Å². The summed E-state index contributed by atoms with van der Waals surface area (Å²) in [6, 6.07) is 0. The number of ether oxygens (including phenoxy) is 7. The number of nitrogens with two attached hydrogens (primary N) is 1. The molecule has 1 unspecified atom stereocenters. The SMILES string of the molecule is NNC(=O)OCC1COCCOCCOCCOCCOCCO1. The summed E-state index contributed by atoms with van der Waals surface area (Å²) < 4.78 is 37.4. The van der Waals surface area contributed by atoms with Crippen LogP contribution in [0.15, 0.2) is 0 Å². The van der Waals surface area contributed by atoms with Crippen LogP contribution in [-0.2, 0) is 33.2 Å². The van der Waals surface area contributed by atoms with Gasteiger partial charge in [0.25, 0.3) is 0 Å². The number of rotatable bonds is 2. The molecule has 0 spiro atoms. The van der Waals surface area contributed by atoms with E-state index in [0.717, 1.165) is 0 Å². The fourth-order valence-electron chi connectivity index (χ4n) is 1.72. The Kier molecular flexibility index (Phi) is 13.6. The highest BCUT2D eigenvalue weighted by Gasteiger charge is 2.13. The Bertz CT molecular complexity index is 290. The summed E-state index contributed by atoms with van der Waals surface area (Å²) >= 11 is 0. The predicted octanol–water partition coefficient (Wildman–Crippen LogP) is -0.932. The van der Waals surface area contributed by atoms with Crippen molar-refractivity contribution in [1.29, 1.82) is 0 Å². The number of hydrogen-bond donors (Lipinski definition) is 2. The summed E-state index contributed by atoms with van der Waals surface area (Å²) in [5, 5.41) is 0. The summed E-state index contributed by atoms with van der Waals surface area (Å²) in [5.41, 5.74) is 1.88. The monoisotopic (exact) mass is 352 g/mol. The lowest BCUT2D eigenvalue weighted by atomic mass is 10.4. The van der Waals surface area contributed by atoms with Crippen LogP contribution in [0.25, 0.3) is 0 Å². The zero-order valence-electron chi connectivity index (χ0n) is 13.9. The molecule has 1 rings (SSSR count). The van der Waals surface area contributed by atoms with Crippen LogP contribution in [0.1, 0.15) is 0 Å². The summed E-state index contributed by atoms with van der Waals surface area (Å²) in [5.74, 6) is 4.96. The molecule has 0 saturated carbocycles. The zero-order chi connectivity index (χ0) is 17.3. The Morgan fingerprint density at radius 1 is 0.833 bits per heavy atom. The van der Waals surface area contributed by atoms with Gasteiger partial charge < -0.3 is 33.2 Å². The first-order chi connectivity index (χ1) is 11.8. The molecule has 3 N–H and O–H groups in total. The van der Waals surface area contributed by atoms with Gasteiger partial charge in [-0.15, -0.1) is 0 Å². The lowest BCUT2D eigenvalue weighted by molar-refractivity contribution is -0.0753. The van der Waals surface area contributed by atoms with Gasteiger partial charge in [-0.1, -0.05) is 0 Å². The molecule has 1 aliphatic heterocycles. The van der Waals surface area contributed by atoms with Crippen molar-refractivity contribution in [3.8, 4) is 0 Å². The quantitative estimate of drug-likeness (QED) is 0.369. The Morgan fingerprint density at radius 3 is 1.79 bits per heavy atom. The minimum absolute atomic E-state index is 0.0286. The van der Waals surface area contributed by atoms with Crippen LogP contribution in [0, 0.1) is 0 Å².